The lowest BCUT2D eigenvalue weighted by atomic mass is 10.1. The van der Waals surface area contributed by atoms with Gasteiger partial charge in [-0.3, -0.25) is 4.79 Å². The van der Waals surface area contributed by atoms with Crippen LogP contribution in [0.5, 0.6) is 0 Å². The van der Waals surface area contributed by atoms with Crippen molar-refractivity contribution in [1.29, 1.82) is 0 Å². The lowest BCUT2D eigenvalue weighted by Gasteiger charge is -1.96. The second-order valence-electron chi connectivity index (χ2n) is 4.52. The predicted octanol–water partition coefficient (Wildman–Crippen LogP) is 5.15. The van der Waals surface area contributed by atoms with E-state index in [9.17, 15) is 4.79 Å². The minimum atomic E-state index is 0.0328. The number of ketones is 1. The van der Waals surface area contributed by atoms with Crippen LogP contribution in [-0.2, 0) is 4.79 Å². The fourth-order valence-corrected chi connectivity index (χ4v) is 3.09. The first-order valence-electron chi connectivity index (χ1n) is 6.19. The molecule has 0 unspecified atom stereocenters. The number of carbonyl (C=O) groups excluding carboxylic acids is 1. The maximum Gasteiger partial charge on any atom is 0.152 e. The molecule has 1 aromatic carbocycles. The molecule has 0 atom stereocenters. The number of carbonyl (C=O) groups is 1. The monoisotopic (exact) mass is 301 g/mol. The minimum Gasteiger partial charge on any atom is -0.353 e. The number of aromatic nitrogens is 1. The van der Waals surface area contributed by atoms with E-state index in [1.54, 1.807) is 24.3 Å². The third-order valence-electron chi connectivity index (χ3n) is 3.05. The Kier molecular flexibility index (Phi) is 3.47. The summed E-state index contributed by atoms with van der Waals surface area (Å²) in [5.41, 5.74) is 3.02. The lowest BCUT2D eigenvalue weighted by molar-refractivity contribution is -0.112. The number of benzene rings is 1. The molecule has 0 spiro atoms. The largest absolute Gasteiger partial charge is 0.353 e. The van der Waals surface area contributed by atoms with E-state index in [0.29, 0.717) is 5.02 Å². The molecule has 4 heteroatoms. The first-order valence-corrected chi connectivity index (χ1v) is 7.44. The summed E-state index contributed by atoms with van der Waals surface area (Å²) < 4.78 is 0. The first kappa shape index (κ1) is 13.2. The Labute approximate surface area is 125 Å². The molecule has 2 nitrogen and oxygen atoms in total. The maximum atomic E-state index is 11.2. The number of thiophene rings is 1. The van der Waals surface area contributed by atoms with Gasteiger partial charge in [-0.15, -0.1) is 11.3 Å². The fraction of sp³-hybridized carbons (Fsp3) is 0.0625. The van der Waals surface area contributed by atoms with Crippen LogP contribution in [-0.4, -0.2) is 10.8 Å². The molecule has 0 fully saturated rings. The van der Waals surface area contributed by atoms with Crippen molar-refractivity contribution in [2.24, 2.45) is 0 Å². The highest BCUT2D eigenvalue weighted by molar-refractivity contribution is 7.13. The standard InChI is InChI=1S/C16H12ClNOS/c1-10(19)4-6-13-12-7-5-11(17)9-14(12)18-16(13)15-3-2-8-20-15/h2-9,18H,1H3/b6-4+. The zero-order valence-electron chi connectivity index (χ0n) is 10.8. The van der Waals surface area contributed by atoms with Crippen LogP contribution in [0.2, 0.25) is 5.02 Å². The maximum absolute atomic E-state index is 11.2. The van der Waals surface area contributed by atoms with Gasteiger partial charge in [-0.25, -0.2) is 0 Å². The van der Waals surface area contributed by atoms with E-state index >= 15 is 0 Å². The number of hydrogen-bond donors (Lipinski definition) is 1. The zero-order valence-corrected chi connectivity index (χ0v) is 12.4. The van der Waals surface area contributed by atoms with Gasteiger partial charge in [-0.1, -0.05) is 23.7 Å². The summed E-state index contributed by atoms with van der Waals surface area (Å²) in [6.07, 6.45) is 3.46. The molecular formula is C16H12ClNOS. The van der Waals surface area contributed by atoms with Crippen LogP contribution in [0.1, 0.15) is 12.5 Å². The summed E-state index contributed by atoms with van der Waals surface area (Å²) in [4.78, 5) is 15.7. The molecule has 0 bridgehead atoms. The summed E-state index contributed by atoms with van der Waals surface area (Å²) in [6, 6.07) is 9.81. The molecule has 20 heavy (non-hydrogen) atoms. The molecule has 0 amide bonds. The molecule has 1 N–H and O–H groups in total. The lowest BCUT2D eigenvalue weighted by Crippen LogP contribution is -1.81. The van der Waals surface area contributed by atoms with Crippen LogP contribution in [0.15, 0.2) is 41.8 Å². The highest BCUT2D eigenvalue weighted by atomic mass is 35.5. The van der Waals surface area contributed by atoms with Gasteiger partial charge in [0.2, 0.25) is 0 Å². The highest BCUT2D eigenvalue weighted by Crippen LogP contribution is 2.34. The summed E-state index contributed by atoms with van der Waals surface area (Å²) in [5.74, 6) is 0.0328. The average molecular weight is 302 g/mol. The van der Waals surface area contributed by atoms with E-state index in [1.807, 2.05) is 35.7 Å². The number of hydrogen-bond acceptors (Lipinski definition) is 2. The van der Waals surface area contributed by atoms with E-state index < -0.39 is 0 Å². The van der Waals surface area contributed by atoms with Gasteiger partial charge in [0.1, 0.15) is 0 Å². The molecule has 0 aliphatic carbocycles. The molecule has 0 aliphatic rings. The van der Waals surface area contributed by atoms with Crippen molar-refractivity contribution in [3.63, 3.8) is 0 Å². The number of H-pyrrole nitrogens is 1. The second-order valence-corrected chi connectivity index (χ2v) is 5.91. The highest BCUT2D eigenvalue weighted by Gasteiger charge is 2.12. The molecular weight excluding hydrogens is 290 g/mol. The predicted molar refractivity (Wildman–Crippen MR) is 86.3 cm³/mol. The van der Waals surface area contributed by atoms with Crippen molar-refractivity contribution in [2.45, 2.75) is 6.92 Å². The van der Waals surface area contributed by atoms with Crippen molar-refractivity contribution in [3.8, 4) is 10.6 Å². The van der Waals surface area contributed by atoms with Crippen molar-refractivity contribution in [3.05, 3.63) is 52.4 Å². The number of halogens is 1. The Morgan fingerprint density at radius 2 is 2.20 bits per heavy atom. The van der Waals surface area contributed by atoms with Crippen LogP contribution in [0.3, 0.4) is 0 Å². The SMILES string of the molecule is CC(=O)/C=C/c1c(-c2cccs2)[nH]c2cc(Cl)ccc12. The molecule has 0 saturated heterocycles. The molecule has 3 aromatic rings. The number of nitrogens with one attached hydrogen (secondary N) is 1. The van der Waals surface area contributed by atoms with E-state index in [4.69, 9.17) is 11.6 Å². The Balaban J connectivity index is 2.27. The third kappa shape index (κ3) is 2.42. The second kappa shape index (κ2) is 5.27. The summed E-state index contributed by atoms with van der Waals surface area (Å²) >= 11 is 7.70. The van der Waals surface area contributed by atoms with Gasteiger partial charge in [0.25, 0.3) is 0 Å². The number of allylic oxidation sites excluding steroid dienone is 1. The zero-order chi connectivity index (χ0) is 14.1. The van der Waals surface area contributed by atoms with Crippen LogP contribution in [0.25, 0.3) is 27.6 Å². The first-order chi connectivity index (χ1) is 9.65. The smallest absolute Gasteiger partial charge is 0.152 e. The van der Waals surface area contributed by atoms with E-state index in [-0.39, 0.29) is 5.78 Å². The molecule has 0 aliphatic heterocycles. The van der Waals surface area contributed by atoms with Gasteiger partial charge in [0.05, 0.1) is 10.6 Å². The summed E-state index contributed by atoms with van der Waals surface area (Å²) in [5, 5.41) is 3.79. The fourth-order valence-electron chi connectivity index (χ4n) is 2.18. The van der Waals surface area contributed by atoms with Gasteiger partial charge >= 0.3 is 0 Å². The van der Waals surface area contributed by atoms with Crippen molar-refractivity contribution in [2.75, 3.05) is 0 Å². The Morgan fingerprint density at radius 1 is 1.35 bits per heavy atom. The van der Waals surface area contributed by atoms with Gasteiger partial charge in [0.15, 0.2) is 5.78 Å². The van der Waals surface area contributed by atoms with Gasteiger partial charge < -0.3 is 4.98 Å². The topological polar surface area (TPSA) is 32.9 Å². The normalized spacial score (nSPS) is 11.5. The third-order valence-corrected chi connectivity index (χ3v) is 4.18. The molecule has 3 rings (SSSR count). The van der Waals surface area contributed by atoms with E-state index in [0.717, 1.165) is 27.0 Å². The van der Waals surface area contributed by atoms with Crippen LogP contribution >= 0.6 is 22.9 Å². The Morgan fingerprint density at radius 3 is 2.90 bits per heavy atom. The van der Waals surface area contributed by atoms with Crippen molar-refractivity contribution >= 4 is 45.7 Å². The quantitative estimate of drug-likeness (QED) is 0.667. The molecule has 2 heterocycles. The average Bonchev–Trinajstić information content (AvgIpc) is 3.02. The minimum absolute atomic E-state index is 0.0328. The molecule has 0 saturated carbocycles. The summed E-state index contributed by atoms with van der Waals surface area (Å²) in [6.45, 7) is 1.55. The number of fused-ring (bicyclic) bond motifs is 1. The van der Waals surface area contributed by atoms with E-state index in [2.05, 4.69) is 11.1 Å². The molecule has 100 valence electrons. The molecule has 0 radical (unpaired) electrons. The number of aromatic amines is 1. The molecule has 2 aromatic heterocycles. The van der Waals surface area contributed by atoms with Gasteiger partial charge in [-0.05, 0) is 42.7 Å². The summed E-state index contributed by atoms with van der Waals surface area (Å²) in [7, 11) is 0. The van der Waals surface area contributed by atoms with E-state index in [1.165, 1.54) is 0 Å². The van der Waals surface area contributed by atoms with Gasteiger partial charge in [-0.2, -0.15) is 0 Å². The van der Waals surface area contributed by atoms with Crippen LogP contribution in [0.4, 0.5) is 0 Å². The Bertz CT molecular complexity index is 799. The number of rotatable bonds is 3. The van der Waals surface area contributed by atoms with Crippen molar-refractivity contribution in [1.82, 2.24) is 4.98 Å². The van der Waals surface area contributed by atoms with Crippen LogP contribution in [0, 0.1) is 0 Å². The van der Waals surface area contributed by atoms with Gasteiger partial charge in [0, 0.05) is 21.5 Å². The Hall–Kier alpha value is -1.84. The van der Waals surface area contributed by atoms with Crippen molar-refractivity contribution < 1.29 is 4.79 Å². The van der Waals surface area contributed by atoms with Crippen LogP contribution < -0.4 is 0 Å².